The first kappa shape index (κ1) is 32.4. The SMILES string of the molecule is COc1nc(-c2cccc(-c3ccnc(-c4ccc5c(c4)CCCC5NC[C@@H](C)O)c3Cl)c2Cl)ccc1CNC[C@@H]1CCC(=O)N1. The molecule has 4 N–H and O–H groups in total. The Morgan fingerprint density at radius 3 is 2.65 bits per heavy atom. The quantitative estimate of drug-likeness (QED) is 0.145. The number of carbonyl (C=O) groups is 1. The van der Waals surface area contributed by atoms with Crippen LogP contribution in [0.2, 0.25) is 10.0 Å². The van der Waals surface area contributed by atoms with Crippen LogP contribution < -0.4 is 20.7 Å². The lowest BCUT2D eigenvalue weighted by molar-refractivity contribution is -0.119. The molecule has 3 heterocycles. The number of aromatic nitrogens is 2. The van der Waals surface area contributed by atoms with Crippen LogP contribution in [-0.2, 0) is 17.8 Å². The lowest BCUT2D eigenvalue weighted by atomic mass is 9.86. The fourth-order valence-corrected chi connectivity index (χ4v) is 7.07. The second-order valence-electron chi connectivity index (χ2n) is 12.1. The van der Waals surface area contributed by atoms with E-state index in [1.807, 2.05) is 36.4 Å². The number of aliphatic hydroxyl groups is 1. The molecule has 1 unspecified atom stereocenters. The maximum atomic E-state index is 11.5. The zero-order chi connectivity index (χ0) is 32.2. The number of carbonyl (C=O) groups excluding carboxylic acids is 1. The molecule has 1 amide bonds. The van der Waals surface area contributed by atoms with Gasteiger partial charge in [-0.3, -0.25) is 9.78 Å². The average molecular weight is 661 g/mol. The normalized spacial score (nSPS) is 18.2. The van der Waals surface area contributed by atoms with Gasteiger partial charge in [-0.15, -0.1) is 0 Å². The molecular formula is C36H39Cl2N5O3. The van der Waals surface area contributed by atoms with E-state index in [4.69, 9.17) is 32.9 Å². The molecule has 6 rings (SSSR count). The molecule has 4 aromatic rings. The van der Waals surface area contributed by atoms with Crippen molar-refractivity contribution in [2.75, 3.05) is 20.2 Å². The van der Waals surface area contributed by atoms with E-state index in [0.717, 1.165) is 53.5 Å². The van der Waals surface area contributed by atoms with E-state index in [0.29, 0.717) is 53.4 Å². The fourth-order valence-electron chi connectivity index (χ4n) is 6.42. The summed E-state index contributed by atoms with van der Waals surface area (Å²) in [5.41, 5.74) is 8.16. The molecule has 0 saturated carbocycles. The van der Waals surface area contributed by atoms with Crippen LogP contribution in [0.5, 0.6) is 5.88 Å². The highest BCUT2D eigenvalue weighted by Gasteiger charge is 2.23. The highest BCUT2D eigenvalue weighted by atomic mass is 35.5. The molecule has 2 aliphatic rings. The number of aryl methyl sites for hydroxylation is 1. The van der Waals surface area contributed by atoms with Crippen LogP contribution in [0.3, 0.4) is 0 Å². The number of nitrogens with zero attached hydrogens (tertiary/aromatic N) is 2. The highest BCUT2D eigenvalue weighted by molar-refractivity contribution is 6.39. The Kier molecular flexibility index (Phi) is 10.2. The molecule has 0 bridgehead atoms. The Morgan fingerprint density at radius 1 is 1.04 bits per heavy atom. The summed E-state index contributed by atoms with van der Waals surface area (Å²) in [6, 6.07) is 18.5. The largest absolute Gasteiger partial charge is 0.481 e. The van der Waals surface area contributed by atoms with Gasteiger partial charge in [-0.25, -0.2) is 4.98 Å². The predicted octanol–water partition coefficient (Wildman–Crippen LogP) is 6.51. The van der Waals surface area contributed by atoms with Gasteiger partial charge in [0, 0.05) is 72.2 Å². The Balaban J connectivity index is 1.25. The van der Waals surface area contributed by atoms with Crippen LogP contribution in [0, 0.1) is 0 Å². The highest BCUT2D eigenvalue weighted by Crippen LogP contribution is 2.42. The smallest absolute Gasteiger partial charge is 0.220 e. The minimum absolute atomic E-state index is 0.105. The van der Waals surface area contributed by atoms with Crippen molar-refractivity contribution in [1.82, 2.24) is 25.9 Å². The van der Waals surface area contributed by atoms with Gasteiger partial charge in [-0.05, 0) is 61.9 Å². The fraction of sp³-hybridized carbons (Fsp3) is 0.361. The lowest BCUT2D eigenvalue weighted by Crippen LogP contribution is -2.35. The Labute approximate surface area is 279 Å². The van der Waals surface area contributed by atoms with E-state index >= 15 is 0 Å². The first-order valence-electron chi connectivity index (χ1n) is 15.8. The number of methoxy groups -OCH3 is 1. The third-order valence-corrected chi connectivity index (χ3v) is 9.56. The molecule has 2 aromatic heterocycles. The molecule has 2 aromatic carbocycles. The second kappa shape index (κ2) is 14.5. The van der Waals surface area contributed by atoms with Gasteiger partial charge in [0.1, 0.15) is 0 Å². The third kappa shape index (κ3) is 7.06. The lowest BCUT2D eigenvalue weighted by Gasteiger charge is -2.27. The number of amides is 1. The number of rotatable bonds is 11. The molecule has 8 nitrogen and oxygen atoms in total. The van der Waals surface area contributed by atoms with Gasteiger partial charge in [0.15, 0.2) is 0 Å². The van der Waals surface area contributed by atoms with E-state index in [-0.39, 0.29) is 24.1 Å². The maximum Gasteiger partial charge on any atom is 0.220 e. The summed E-state index contributed by atoms with van der Waals surface area (Å²) in [7, 11) is 1.61. The topological polar surface area (TPSA) is 108 Å². The van der Waals surface area contributed by atoms with Crippen LogP contribution in [0.25, 0.3) is 33.6 Å². The molecular weight excluding hydrogens is 621 g/mol. The Bertz CT molecular complexity index is 1730. The van der Waals surface area contributed by atoms with Crippen molar-refractivity contribution in [2.24, 2.45) is 0 Å². The standard InChI is InChI=1S/C36H39Cl2N5O3/c1-21(44)18-41-30-8-3-5-22-17-23(9-12-26(22)30)35-34(38)28(15-16-40-35)27-6-4-7-29(33(27)37)31-13-10-24(36(43-31)46-2)19-39-20-25-11-14-32(45)42-25/h4,6-7,9-10,12-13,15-17,21,25,30,39,41,44H,3,5,8,11,14,18-20H2,1-2H3,(H,42,45)/t21-,25+,30?/m1/s1. The first-order chi connectivity index (χ1) is 22.3. The molecule has 1 aliphatic carbocycles. The molecule has 10 heteroatoms. The summed E-state index contributed by atoms with van der Waals surface area (Å²) in [4.78, 5) is 21.0. The summed E-state index contributed by atoms with van der Waals surface area (Å²) in [6.07, 6.45) is 5.92. The van der Waals surface area contributed by atoms with Crippen molar-refractivity contribution in [3.63, 3.8) is 0 Å². The van der Waals surface area contributed by atoms with E-state index < -0.39 is 0 Å². The van der Waals surface area contributed by atoms with Gasteiger partial charge in [0.25, 0.3) is 0 Å². The number of halogens is 2. The second-order valence-corrected chi connectivity index (χ2v) is 12.9. The molecule has 0 spiro atoms. The number of hydrogen-bond acceptors (Lipinski definition) is 7. The minimum Gasteiger partial charge on any atom is -0.481 e. The molecule has 0 radical (unpaired) electrons. The number of nitrogens with one attached hydrogen (secondary N) is 3. The van der Waals surface area contributed by atoms with Gasteiger partial charge < -0.3 is 25.8 Å². The van der Waals surface area contributed by atoms with E-state index in [1.54, 1.807) is 20.2 Å². The van der Waals surface area contributed by atoms with Crippen molar-refractivity contribution in [1.29, 1.82) is 0 Å². The van der Waals surface area contributed by atoms with Gasteiger partial charge >= 0.3 is 0 Å². The molecule has 1 aliphatic heterocycles. The van der Waals surface area contributed by atoms with Crippen molar-refractivity contribution in [3.8, 4) is 39.5 Å². The van der Waals surface area contributed by atoms with Crippen LogP contribution in [0.15, 0.2) is 60.8 Å². The summed E-state index contributed by atoms with van der Waals surface area (Å²) < 4.78 is 5.65. The maximum absolute atomic E-state index is 11.5. The van der Waals surface area contributed by atoms with Gasteiger partial charge in [-0.1, -0.05) is 59.6 Å². The third-order valence-electron chi connectivity index (χ3n) is 8.77. The minimum atomic E-state index is -0.390. The number of ether oxygens (including phenoxy) is 1. The van der Waals surface area contributed by atoms with Crippen LogP contribution in [-0.4, -0.2) is 53.3 Å². The van der Waals surface area contributed by atoms with E-state index in [2.05, 4.69) is 39.1 Å². The zero-order valence-corrected chi connectivity index (χ0v) is 27.6. The first-order valence-corrected chi connectivity index (χ1v) is 16.6. The Hall–Kier alpha value is -3.53. The van der Waals surface area contributed by atoms with Crippen molar-refractivity contribution in [3.05, 3.63) is 87.5 Å². The number of hydrogen-bond donors (Lipinski definition) is 4. The molecule has 46 heavy (non-hydrogen) atoms. The van der Waals surface area contributed by atoms with Crippen LogP contribution in [0.1, 0.15) is 55.3 Å². The number of benzene rings is 2. The summed E-state index contributed by atoms with van der Waals surface area (Å²) in [6.45, 7) is 3.61. The number of aliphatic hydroxyl groups excluding tert-OH is 1. The monoisotopic (exact) mass is 659 g/mol. The molecule has 3 atom stereocenters. The molecule has 1 saturated heterocycles. The van der Waals surface area contributed by atoms with Crippen molar-refractivity contribution < 1.29 is 14.6 Å². The summed E-state index contributed by atoms with van der Waals surface area (Å²) in [5.74, 6) is 0.621. The summed E-state index contributed by atoms with van der Waals surface area (Å²) >= 11 is 14.2. The van der Waals surface area contributed by atoms with Gasteiger partial charge in [-0.2, -0.15) is 0 Å². The number of fused-ring (bicyclic) bond motifs is 1. The van der Waals surface area contributed by atoms with Gasteiger partial charge in [0.05, 0.1) is 34.6 Å². The molecule has 240 valence electrons. The average Bonchev–Trinajstić information content (AvgIpc) is 3.48. The van der Waals surface area contributed by atoms with Crippen molar-refractivity contribution in [2.45, 2.75) is 63.8 Å². The van der Waals surface area contributed by atoms with E-state index in [9.17, 15) is 9.90 Å². The zero-order valence-electron chi connectivity index (χ0n) is 26.1. The van der Waals surface area contributed by atoms with Crippen LogP contribution in [0.4, 0.5) is 0 Å². The predicted molar refractivity (Wildman–Crippen MR) is 183 cm³/mol. The van der Waals surface area contributed by atoms with Gasteiger partial charge in [0.2, 0.25) is 11.8 Å². The van der Waals surface area contributed by atoms with Crippen molar-refractivity contribution >= 4 is 29.1 Å². The Morgan fingerprint density at radius 2 is 1.87 bits per heavy atom. The van der Waals surface area contributed by atoms with E-state index in [1.165, 1.54) is 11.1 Å². The van der Waals surface area contributed by atoms with Crippen LogP contribution >= 0.6 is 23.2 Å². The summed E-state index contributed by atoms with van der Waals surface area (Å²) in [5, 5.41) is 20.7. The molecule has 1 fully saturated rings. The number of pyridine rings is 2.